The predicted molar refractivity (Wildman–Crippen MR) is 87.0 cm³/mol. The van der Waals surface area contributed by atoms with Crippen LogP contribution < -0.4 is 5.32 Å². The monoisotopic (exact) mass is 307 g/mol. The molecular weight excluding hydrogens is 290 g/mol. The van der Waals surface area contributed by atoms with Crippen molar-refractivity contribution in [3.63, 3.8) is 0 Å². The summed E-state index contributed by atoms with van der Waals surface area (Å²) in [6, 6.07) is 11.6. The van der Waals surface area contributed by atoms with Gasteiger partial charge in [-0.1, -0.05) is 24.3 Å². The van der Waals surface area contributed by atoms with Crippen molar-refractivity contribution in [2.24, 2.45) is 0 Å². The molecule has 2 aromatic heterocycles. The molecule has 0 aliphatic carbocycles. The molecule has 2 N–H and O–H groups in total. The summed E-state index contributed by atoms with van der Waals surface area (Å²) in [7, 11) is 1.42. The van der Waals surface area contributed by atoms with E-state index in [4.69, 9.17) is 4.74 Å². The molecule has 0 saturated carbocycles. The number of rotatable bonds is 2. The van der Waals surface area contributed by atoms with Crippen molar-refractivity contribution < 1.29 is 9.53 Å². The van der Waals surface area contributed by atoms with Crippen molar-refractivity contribution >= 4 is 16.9 Å². The van der Waals surface area contributed by atoms with Crippen LogP contribution >= 0.6 is 0 Å². The van der Waals surface area contributed by atoms with E-state index in [0.29, 0.717) is 6.42 Å². The van der Waals surface area contributed by atoms with Crippen molar-refractivity contribution in [3.05, 3.63) is 65.6 Å². The lowest BCUT2D eigenvalue weighted by atomic mass is 9.91. The average molecular weight is 307 g/mol. The van der Waals surface area contributed by atoms with E-state index in [9.17, 15) is 4.79 Å². The Morgan fingerprint density at radius 3 is 2.91 bits per heavy atom. The average Bonchev–Trinajstić information content (AvgIpc) is 2.99. The van der Waals surface area contributed by atoms with Crippen LogP contribution in [0.15, 0.2) is 48.8 Å². The zero-order valence-corrected chi connectivity index (χ0v) is 12.7. The Morgan fingerprint density at radius 1 is 1.26 bits per heavy atom. The molecule has 0 unspecified atom stereocenters. The minimum absolute atomic E-state index is 0.107. The first kappa shape index (κ1) is 14.0. The molecule has 3 aromatic rings. The van der Waals surface area contributed by atoms with Gasteiger partial charge in [-0.15, -0.1) is 0 Å². The van der Waals surface area contributed by atoms with Crippen LogP contribution in [-0.4, -0.2) is 29.1 Å². The van der Waals surface area contributed by atoms with Gasteiger partial charge in [0.1, 0.15) is 6.04 Å². The molecule has 0 saturated heterocycles. The molecule has 5 heteroatoms. The van der Waals surface area contributed by atoms with Gasteiger partial charge in [0.2, 0.25) is 0 Å². The van der Waals surface area contributed by atoms with Crippen LogP contribution in [0.25, 0.3) is 10.9 Å². The minimum atomic E-state index is -0.364. The standard InChI is InChI=1S/C18H17N3O2/c1-23-18(22)15-9-13-12-6-2-3-7-14(12)20-17(13)16(21-15)11-5-4-8-19-10-11/h2-8,10,15-16,20-21H,9H2,1H3/t15-,16-/m1/s1. The highest BCUT2D eigenvalue weighted by molar-refractivity contribution is 5.87. The first-order valence-corrected chi connectivity index (χ1v) is 7.61. The van der Waals surface area contributed by atoms with Crippen molar-refractivity contribution in [3.8, 4) is 0 Å². The fourth-order valence-corrected chi connectivity index (χ4v) is 3.34. The number of carbonyl (C=O) groups is 1. The second kappa shape index (κ2) is 5.52. The van der Waals surface area contributed by atoms with Crippen molar-refractivity contribution in [1.82, 2.24) is 15.3 Å². The second-order valence-electron chi connectivity index (χ2n) is 5.73. The number of aromatic amines is 1. The second-order valence-corrected chi connectivity index (χ2v) is 5.73. The normalized spacial score (nSPS) is 20.2. The lowest BCUT2D eigenvalue weighted by Gasteiger charge is -2.30. The van der Waals surface area contributed by atoms with Gasteiger partial charge in [0, 0.05) is 35.4 Å². The Bertz CT molecular complexity index is 857. The zero-order chi connectivity index (χ0) is 15.8. The SMILES string of the molecule is COC(=O)[C@H]1Cc2c([nH]c3ccccc23)[C@@H](c2cccnc2)N1. The fourth-order valence-electron chi connectivity index (χ4n) is 3.34. The summed E-state index contributed by atoms with van der Waals surface area (Å²) >= 11 is 0. The quantitative estimate of drug-likeness (QED) is 0.713. The van der Waals surface area contributed by atoms with Gasteiger partial charge in [-0.25, -0.2) is 0 Å². The van der Waals surface area contributed by atoms with Crippen LogP contribution in [0.2, 0.25) is 0 Å². The molecule has 0 spiro atoms. The number of nitrogens with zero attached hydrogens (tertiary/aromatic N) is 1. The number of nitrogens with one attached hydrogen (secondary N) is 2. The van der Waals surface area contributed by atoms with Gasteiger partial charge in [0.15, 0.2) is 0 Å². The van der Waals surface area contributed by atoms with Gasteiger partial charge in [-0.05, 0) is 23.3 Å². The number of pyridine rings is 1. The van der Waals surface area contributed by atoms with Gasteiger partial charge in [-0.2, -0.15) is 0 Å². The molecule has 3 heterocycles. The Morgan fingerprint density at radius 2 is 2.13 bits per heavy atom. The Balaban J connectivity index is 1.88. The maximum absolute atomic E-state index is 12.1. The number of H-pyrrole nitrogens is 1. The number of ether oxygens (including phenoxy) is 1. The van der Waals surface area contributed by atoms with Gasteiger partial charge in [-0.3, -0.25) is 15.1 Å². The molecule has 0 amide bonds. The molecule has 1 aliphatic rings. The minimum Gasteiger partial charge on any atom is -0.468 e. The number of methoxy groups -OCH3 is 1. The Kier molecular flexibility index (Phi) is 3.35. The number of fused-ring (bicyclic) bond motifs is 3. The van der Waals surface area contributed by atoms with E-state index in [0.717, 1.165) is 22.2 Å². The predicted octanol–water partition coefficient (Wildman–Crippen LogP) is 2.34. The number of para-hydroxylation sites is 1. The number of benzene rings is 1. The molecule has 2 atom stereocenters. The van der Waals surface area contributed by atoms with Crippen molar-refractivity contribution in [1.29, 1.82) is 0 Å². The summed E-state index contributed by atoms with van der Waals surface area (Å²) in [5, 5.41) is 4.55. The molecule has 0 fully saturated rings. The van der Waals surface area contributed by atoms with Crippen LogP contribution in [0.1, 0.15) is 22.9 Å². The Hall–Kier alpha value is -2.66. The number of hydrogen-bond donors (Lipinski definition) is 2. The molecule has 0 bridgehead atoms. The highest BCUT2D eigenvalue weighted by Crippen LogP contribution is 2.35. The molecule has 4 rings (SSSR count). The first-order chi connectivity index (χ1) is 11.3. The van der Waals surface area contributed by atoms with E-state index in [-0.39, 0.29) is 18.1 Å². The van der Waals surface area contributed by atoms with Gasteiger partial charge in [0.05, 0.1) is 13.2 Å². The molecule has 23 heavy (non-hydrogen) atoms. The largest absolute Gasteiger partial charge is 0.468 e. The summed E-state index contributed by atoms with van der Waals surface area (Å²) in [6.07, 6.45) is 4.19. The van der Waals surface area contributed by atoms with Gasteiger partial charge in [0.25, 0.3) is 0 Å². The molecule has 1 aliphatic heterocycles. The number of aromatic nitrogens is 2. The van der Waals surface area contributed by atoms with Crippen LogP contribution in [-0.2, 0) is 16.0 Å². The van der Waals surface area contributed by atoms with E-state index in [1.54, 1.807) is 6.20 Å². The summed E-state index contributed by atoms with van der Waals surface area (Å²) in [5.41, 5.74) is 4.37. The van der Waals surface area contributed by atoms with Crippen molar-refractivity contribution in [2.75, 3.05) is 7.11 Å². The van der Waals surface area contributed by atoms with E-state index < -0.39 is 0 Å². The smallest absolute Gasteiger partial charge is 0.323 e. The third-order valence-electron chi connectivity index (χ3n) is 4.41. The maximum atomic E-state index is 12.1. The topological polar surface area (TPSA) is 67.0 Å². The highest BCUT2D eigenvalue weighted by atomic mass is 16.5. The molecule has 116 valence electrons. The van der Waals surface area contributed by atoms with Gasteiger partial charge < -0.3 is 9.72 Å². The van der Waals surface area contributed by atoms with E-state index in [1.165, 1.54) is 12.7 Å². The van der Waals surface area contributed by atoms with Crippen molar-refractivity contribution in [2.45, 2.75) is 18.5 Å². The third kappa shape index (κ3) is 2.29. The van der Waals surface area contributed by atoms with Crippen LogP contribution in [0.4, 0.5) is 0 Å². The zero-order valence-electron chi connectivity index (χ0n) is 12.7. The van der Waals surface area contributed by atoms with E-state index in [2.05, 4.69) is 27.4 Å². The molecule has 5 nitrogen and oxygen atoms in total. The molecule has 0 radical (unpaired) electrons. The summed E-state index contributed by atoms with van der Waals surface area (Å²) in [4.78, 5) is 19.8. The Labute approximate surface area is 133 Å². The lowest BCUT2D eigenvalue weighted by Crippen LogP contribution is -2.45. The van der Waals surface area contributed by atoms with Crippen LogP contribution in [0.5, 0.6) is 0 Å². The third-order valence-corrected chi connectivity index (χ3v) is 4.41. The maximum Gasteiger partial charge on any atom is 0.323 e. The number of carbonyl (C=O) groups excluding carboxylic acids is 1. The van der Waals surface area contributed by atoms with Crippen LogP contribution in [0, 0.1) is 0 Å². The highest BCUT2D eigenvalue weighted by Gasteiger charge is 2.34. The number of hydrogen-bond acceptors (Lipinski definition) is 4. The number of esters is 1. The summed E-state index contributed by atoms with van der Waals surface area (Å²) in [6.45, 7) is 0. The van der Waals surface area contributed by atoms with Gasteiger partial charge >= 0.3 is 5.97 Å². The summed E-state index contributed by atoms with van der Waals surface area (Å²) in [5.74, 6) is -0.241. The van der Waals surface area contributed by atoms with E-state index >= 15 is 0 Å². The lowest BCUT2D eigenvalue weighted by molar-refractivity contribution is -0.143. The van der Waals surface area contributed by atoms with Crippen LogP contribution in [0.3, 0.4) is 0 Å². The first-order valence-electron chi connectivity index (χ1n) is 7.61. The molecular formula is C18H17N3O2. The fraction of sp³-hybridized carbons (Fsp3) is 0.222. The molecule has 1 aromatic carbocycles. The summed E-state index contributed by atoms with van der Waals surface area (Å²) < 4.78 is 4.95. The van der Waals surface area contributed by atoms with E-state index in [1.807, 2.05) is 30.5 Å².